The van der Waals surface area contributed by atoms with Gasteiger partial charge in [-0.15, -0.1) is 0 Å². The molecule has 0 spiro atoms. The van der Waals surface area contributed by atoms with E-state index in [4.69, 9.17) is 0 Å². The number of benzene rings is 2. The molecule has 0 saturated heterocycles. The highest BCUT2D eigenvalue weighted by atomic mass is 13.9. The van der Waals surface area contributed by atoms with Crippen molar-refractivity contribution in [3.05, 3.63) is 77.9 Å². The lowest BCUT2D eigenvalue weighted by molar-refractivity contribution is 1.01. The molecule has 0 nitrogen and oxygen atoms in total. The maximum absolute atomic E-state index is 2.24. The first-order chi connectivity index (χ1) is 7.95. The van der Waals surface area contributed by atoms with Gasteiger partial charge < -0.3 is 0 Å². The molecule has 0 aliphatic rings. The van der Waals surface area contributed by atoms with Gasteiger partial charge in [0.2, 0.25) is 0 Å². The molecule has 0 fully saturated rings. The number of allylic oxidation sites excluding steroid dienone is 1. The Kier molecular flexibility index (Phi) is 3.95. The first-order valence-electron chi connectivity index (χ1n) is 5.71. The fraction of sp³-hybridized carbons (Fsp3) is 0.125. The van der Waals surface area contributed by atoms with Crippen LogP contribution >= 0.6 is 0 Å². The summed E-state index contributed by atoms with van der Waals surface area (Å²) in [5.74, 6) is 0. The third-order valence-corrected chi connectivity index (χ3v) is 2.55. The highest BCUT2D eigenvalue weighted by molar-refractivity contribution is 5.48. The van der Waals surface area contributed by atoms with Gasteiger partial charge >= 0.3 is 0 Å². The number of aryl methyl sites for hydroxylation is 1. The van der Waals surface area contributed by atoms with Gasteiger partial charge in [-0.1, -0.05) is 72.8 Å². The molecule has 2 aromatic rings. The van der Waals surface area contributed by atoms with Gasteiger partial charge in [-0.2, -0.15) is 0 Å². The highest BCUT2D eigenvalue weighted by Gasteiger charge is 1.88. The Morgan fingerprint density at radius 3 is 2.06 bits per heavy atom. The van der Waals surface area contributed by atoms with Crippen molar-refractivity contribution in [2.24, 2.45) is 0 Å². The van der Waals surface area contributed by atoms with Crippen LogP contribution in [0.1, 0.15) is 17.5 Å². The molecule has 16 heavy (non-hydrogen) atoms. The van der Waals surface area contributed by atoms with Crippen LogP contribution in [0.4, 0.5) is 0 Å². The molecule has 0 aliphatic carbocycles. The minimum Gasteiger partial charge on any atom is -0.0836 e. The SMILES string of the molecule is C(=Cc1ccccc1)CCc1ccccc1. The van der Waals surface area contributed by atoms with Crippen molar-refractivity contribution in [1.82, 2.24) is 0 Å². The molecule has 0 N–H and O–H groups in total. The minimum absolute atomic E-state index is 1.10. The van der Waals surface area contributed by atoms with Crippen molar-refractivity contribution >= 4 is 6.08 Å². The molecule has 0 unspecified atom stereocenters. The molecule has 0 atom stereocenters. The van der Waals surface area contributed by atoms with Crippen LogP contribution in [0.25, 0.3) is 6.08 Å². The third kappa shape index (κ3) is 3.39. The second kappa shape index (κ2) is 5.92. The molecule has 0 amide bonds. The Morgan fingerprint density at radius 2 is 1.38 bits per heavy atom. The van der Waals surface area contributed by atoms with E-state index >= 15 is 0 Å². The zero-order chi connectivity index (χ0) is 11.1. The van der Waals surface area contributed by atoms with Crippen molar-refractivity contribution in [2.75, 3.05) is 0 Å². The van der Waals surface area contributed by atoms with Crippen LogP contribution in [0.2, 0.25) is 0 Å². The van der Waals surface area contributed by atoms with Crippen molar-refractivity contribution in [1.29, 1.82) is 0 Å². The molecule has 0 saturated carbocycles. The summed E-state index contributed by atoms with van der Waals surface area (Å²) in [6.45, 7) is 0. The fourth-order valence-electron chi connectivity index (χ4n) is 1.68. The lowest BCUT2D eigenvalue weighted by atomic mass is 10.1. The van der Waals surface area contributed by atoms with E-state index < -0.39 is 0 Å². The zero-order valence-electron chi connectivity index (χ0n) is 9.34. The van der Waals surface area contributed by atoms with E-state index in [-0.39, 0.29) is 0 Å². The van der Waals surface area contributed by atoms with Crippen molar-refractivity contribution in [3.63, 3.8) is 0 Å². The molecule has 0 heteroatoms. The van der Waals surface area contributed by atoms with Crippen LogP contribution in [0.5, 0.6) is 0 Å². The average Bonchev–Trinajstić information content (AvgIpc) is 2.37. The van der Waals surface area contributed by atoms with Crippen LogP contribution in [0.15, 0.2) is 66.7 Å². The number of hydrogen-bond acceptors (Lipinski definition) is 0. The van der Waals surface area contributed by atoms with E-state index in [0.29, 0.717) is 0 Å². The van der Waals surface area contributed by atoms with E-state index in [2.05, 4.69) is 66.7 Å². The minimum atomic E-state index is 1.10. The molecular weight excluding hydrogens is 192 g/mol. The van der Waals surface area contributed by atoms with Gasteiger partial charge in [0.25, 0.3) is 0 Å². The summed E-state index contributed by atoms with van der Waals surface area (Å²) in [6.07, 6.45) is 6.63. The average molecular weight is 208 g/mol. The highest BCUT2D eigenvalue weighted by Crippen LogP contribution is 2.05. The quantitative estimate of drug-likeness (QED) is 0.701. The van der Waals surface area contributed by atoms with Gasteiger partial charge in [0.15, 0.2) is 0 Å². The fourth-order valence-corrected chi connectivity index (χ4v) is 1.68. The van der Waals surface area contributed by atoms with E-state index in [1.165, 1.54) is 11.1 Å². The molecule has 2 rings (SSSR count). The van der Waals surface area contributed by atoms with Crippen molar-refractivity contribution in [3.8, 4) is 0 Å². The predicted octanol–water partition coefficient (Wildman–Crippen LogP) is 4.33. The monoisotopic (exact) mass is 208 g/mol. The Hall–Kier alpha value is -1.82. The maximum atomic E-state index is 2.24. The molecule has 0 bridgehead atoms. The smallest absolute Gasteiger partial charge is 0.0244 e. The third-order valence-electron chi connectivity index (χ3n) is 2.55. The summed E-state index contributed by atoms with van der Waals surface area (Å²) in [4.78, 5) is 0. The topological polar surface area (TPSA) is 0 Å². The Morgan fingerprint density at radius 1 is 0.750 bits per heavy atom. The molecule has 0 aliphatic heterocycles. The number of rotatable bonds is 4. The summed E-state index contributed by atoms with van der Waals surface area (Å²) in [6, 6.07) is 21.0. The predicted molar refractivity (Wildman–Crippen MR) is 70.2 cm³/mol. The molecular formula is C16H16. The second-order valence-corrected chi connectivity index (χ2v) is 3.84. The van der Waals surface area contributed by atoms with Crippen LogP contribution in [-0.2, 0) is 6.42 Å². The summed E-state index contributed by atoms with van der Waals surface area (Å²) in [5.41, 5.74) is 2.68. The summed E-state index contributed by atoms with van der Waals surface area (Å²) in [7, 11) is 0. The summed E-state index contributed by atoms with van der Waals surface area (Å²) >= 11 is 0. The largest absolute Gasteiger partial charge is 0.0836 e. The molecule has 0 radical (unpaired) electrons. The normalized spacial score (nSPS) is 10.8. The second-order valence-electron chi connectivity index (χ2n) is 3.84. The van der Waals surface area contributed by atoms with Gasteiger partial charge in [0, 0.05) is 0 Å². The lowest BCUT2D eigenvalue weighted by Gasteiger charge is -1.96. The molecule has 80 valence electrons. The first-order valence-corrected chi connectivity index (χ1v) is 5.71. The van der Waals surface area contributed by atoms with Crippen LogP contribution in [0, 0.1) is 0 Å². The van der Waals surface area contributed by atoms with Crippen molar-refractivity contribution < 1.29 is 0 Å². The lowest BCUT2D eigenvalue weighted by Crippen LogP contribution is -1.81. The number of hydrogen-bond donors (Lipinski definition) is 0. The Balaban J connectivity index is 1.83. The zero-order valence-corrected chi connectivity index (χ0v) is 9.34. The Bertz CT molecular complexity index is 426. The van der Waals surface area contributed by atoms with E-state index in [1.807, 2.05) is 6.07 Å². The molecule has 2 aromatic carbocycles. The van der Waals surface area contributed by atoms with Gasteiger partial charge in [-0.3, -0.25) is 0 Å². The van der Waals surface area contributed by atoms with E-state index in [0.717, 1.165) is 12.8 Å². The Labute approximate surface area is 97.3 Å². The molecule has 0 heterocycles. The van der Waals surface area contributed by atoms with Gasteiger partial charge in [-0.05, 0) is 24.0 Å². The van der Waals surface area contributed by atoms with Crippen molar-refractivity contribution in [2.45, 2.75) is 12.8 Å². The van der Waals surface area contributed by atoms with E-state index in [9.17, 15) is 0 Å². The van der Waals surface area contributed by atoms with Gasteiger partial charge in [0.1, 0.15) is 0 Å². The summed E-state index contributed by atoms with van der Waals surface area (Å²) < 4.78 is 0. The van der Waals surface area contributed by atoms with Gasteiger partial charge in [0.05, 0.1) is 0 Å². The van der Waals surface area contributed by atoms with Crippen LogP contribution in [0.3, 0.4) is 0 Å². The van der Waals surface area contributed by atoms with Gasteiger partial charge in [-0.25, -0.2) is 0 Å². The maximum Gasteiger partial charge on any atom is -0.0244 e. The van der Waals surface area contributed by atoms with Crippen LogP contribution < -0.4 is 0 Å². The summed E-state index contributed by atoms with van der Waals surface area (Å²) in [5, 5.41) is 0. The standard InChI is InChI=1S/C16H16/c1-3-9-15(10-4-1)13-7-8-14-16-11-5-2-6-12-16/h1-7,9-13H,8,14H2. The first kappa shape index (κ1) is 10.7. The van der Waals surface area contributed by atoms with Crippen LogP contribution in [-0.4, -0.2) is 0 Å². The molecule has 0 aromatic heterocycles. The van der Waals surface area contributed by atoms with E-state index in [1.54, 1.807) is 0 Å².